The average molecular weight is 150 g/mol. The lowest BCUT2D eigenvalue weighted by atomic mass is 10.2. The van der Waals surface area contributed by atoms with Gasteiger partial charge in [0.1, 0.15) is 0 Å². The molecule has 0 radical (unpaired) electrons. The van der Waals surface area contributed by atoms with Crippen LogP contribution in [-0.2, 0) is 0 Å². The van der Waals surface area contributed by atoms with Gasteiger partial charge < -0.3 is 5.32 Å². The first kappa shape index (κ1) is 9.25. The summed E-state index contributed by atoms with van der Waals surface area (Å²) in [6.07, 6.45) is 0. The van der Waals surface area contributed by atoms with E-state index in [-0.39, 0.29) is 0 Å². The number of hydrogen-bond acceptors (Lipinski definition) is 1. The van der Waals surface area contributed by atoms with Crippen LogP contribution in [0.1, 0.15) is 20.8 Å². The zero-order chi connectivity index (χ0) is 7.28. The van der Waals surface area contributed by atoms with E-state index in [1.54, 1.807) is 0 Å². The molecule has 0 aromatic rings. The van der Waals surface area contributed by atoms with Crippen molar-refractivity contribution in [2.45, 2.75) is 26.8 Å². The predicted octanol–water partition coefficient (Wildman–Crippen LogP) is 1.86. The third-order valence-corrected chi connectivity index (χ3v) is 1.66. The molecule has 0 saturated carbocycles. The van der Waals surface area contributed by atoms with Crippen LogP contribution >= 0.6 is 11.6 Å². The molecular weight excluding hydrogens is 134 g/mol. The van der Waals surface area contributed by atoms with Gasteiger partial charge >= 0.3 is 0 Å². The normalized spacial score (nSPS) is 14.3. The second kappa shape index (κ2) is 5.07. The SMILES string of the molecule is CC(CCl)CNC(C)C. The maximum absolute atomic E-state index is 5.60. The van der Waals surface area contributed by atoms with Crippen molar-refractivity contribution in [2.24, 2.45) is 5.92 Å². The fourth-order valence-electron chi connectivity index (χ4n) is 0.491. The molecular formula is C7H16ClN. The van der Waals surface area contributed by atoms with Gasteiger partial charge in [0.2, 0.25) is 0 Å². The van der Waals surface area contributed by atoms with Gasteiger partial charge in [0.15, 0.2) is 0 Å². The summed E-state index contributed by atoms with van der Waals surface area (Å²) in [5.41, 5.74) is 0. The third kappa shape index (κ3) is 6.13. The molecule has 1 unspecified atom stereocenters. The Morgan fingerprint density at radius 1 is 1.33 bits per heavy atom. The average Bonchev–Trinajstić information content (AvgIpc) is 1.83. The highest BCUT2D eigenvalue weighted by molar-refractivity contribution is 6.18. The monoisotopic (exact) mass is 149 g/mol. The van der Waals surface area contributed by atoms with Gasteiger partial charge in [0.05, 0.1) is 0 Å². The van der Waals surface area contributed by atoms with Crippen LogP contribution < -0.4 is 5.32 Å². The van der Waals surface area contributed by atoms with Crippen molar-refractivity contribution in [2.75, 3.05) is 12.4 Å². The quantitative estimate of drug-likeness (QED) is 0.602. The van der Waals surface area contributed by atoms with E-state index in [4.69, 9.17) is 11.6 Å². The molecule has 0 bridgehead atoms. The molecule has 0 aromatic carbocycles. The van der Waals surface area contributed by atoms with E-state index in [0.29, 0.717) is 12.0 Å². The number of nitrogens with one attached hydrogen (secondary N) is 1. The van der Waals surface area contributed by atoms with E-state index in [0.717, 1.165) is 12.4 Å². The van der Waals surface area contributed by atoms with Gasteiger partial charge in [-0.25, -0.2) is 0 Å². The van der Waals surface area contributed by atoms with Crippen LogP contribution in [0.25, 0.3) is 0 Å². The molecule has 0 aliphatic carbocycles. The minimum Gasteiger partial charge on any atom is -0.314 e. The van der Waals surface area contributed by atoms with E-state index in [1.165, 1.54) is 0 Å². The lowest BCUT2D eigenvalue weighted by Crippen LogP contribution is -2.28. The largest absolute Gasteiger partial charge is 0.314 e. The van der Waals surface area contributed by atoms with Crippen molar-refractivity contribution in [1.29, 1.82) is 0 Å². The number of rotatable bonds is 4. The van der Waals surface area contributed by atoms with Crippen LogP contribution in [0, 0.1) is 5.92 Å². The summed E-state index contributed by atoms with van der Waals surface area (Å²) in [5, 5.41) is 3.31. The Morgan fingerprint density at radius 2 is 1.89 bits per heavy atom. The maximum Gasteiger partial charge on any atom is 0.0261 e. The highest BCUT2D eigenvalue weighted by Gasteiger charge is 1.98. The first-order valence-electron chi connectivity index (χ1n) is 3.46. The fourth-order valence-corrected chi connectivity index (χ4v) is 0.601. The maximum atomic E-state index is 5.60. The van der Waals surface area contributed by atoms with Crippen LogP contribution in [0.3, 0.4) is 0 Å². The first-order chi connectivity index (χ1) is 4.16. The highest BCUT2D eigenvalue weighted by Crippen LogP contribution is 1.95. The molecule has 0 amide bonds. The molecule has 0 saturated heterocycles. The molecule has 2 heteroatoms. The van der Waals surface area contributed by atoms with Crippen LogP contribution in [-0.4, -0.2) is 18.5 Å². The Morgan fingerprint density at radius 3 is 2.22 bits per heavy atom. The highest BCUT2D eigenvalue weighted by atomic mass is 35.5. The van der Waals surface area contributed by atoms with Crippen molar-refractivity contribution in [3.63, 3.8) is 0 Å². The predicted molar refractivity (Wildman–Crippen MR) is 43.0 cm³/mol. The molecule has 56 valence electrons. The van der Waals surface area contributed by atoms with Crippen LogP contribution in [0.5, 0.6) is 0 Å². The molecule has 1 atom stereocenters. The van der Waals surface area contributed by atoms with Crippen molar-refractivity contribution in [3.8, 4) is 0 Å². The molecule has 0 fully saturated rings. The standard InChI is InChI=1S/C7H16ClN/c1-6(2)9-5-7(3)4-8/h6-7,9H,4-5H2,1-3H3. The Kier molecular flexibility index (Phi) is 5.21. The summed E-state index contributed by atoms with van der Waals surface area (Å²) in [7, 11) is 0. The molecule has 0 heterocycles. The lowest BCUT2D eigenvalue weighted by Gasteiger charge is -2.11. The summed E-state index contributed by atoms with van der Waals surface area (Å²) < 4.78 is 0. The van der Waals surface area contributed by atoms with E-state index in [2.05, 4.69) is 26.1 Å². The van der Waals surface area contributed by atoms with Crippen molar-refractivity contribution >= 4 is 11.6 Å². The number of halogens is 1. The molecule has 1 nitrogen and oxygen atoms in total. The van der Waals surface area contributed by atoms with E-state index in [9.17, 15) is 0 Å². The van der Waals surface area contributed by atoms with Gasteiger partial charge in [-0.05, 0) is 12.5 Å². The van der Waals surface area contributed by atoms with E-state index < -0.39 is 0 Å². The minimum absolute atomic E-state index is 0.579. The Balaban J connectivity index is 3.06. The second-order valence-electron chi connectivity index (χ2n) is 2.82. The topological polar surface area (TPSA) is 12.0 Å². The molecule has 0 spiro atoms. The molecule has 9 heavy (non-hydrogen) atoms. The molecule has 0 aliphatic heterocycles. The van der Waals surface area contributed by atoms with Gasteiger partial charge in [0, 0.05) is 11.9 Å². The second-order valence-corrected chi connectivity index (χ2v) is 3.13. The Labute approximate surface area is 62.8 Å². The third-order valence-electron chi connectivity index (χ3n) is 1.14. The summed E-state index contributed by atoms with van der Waals surface area (Å²) in [6, 6.07) is 0.579. The summed E-state index contributed by atoms with van der Waals surface area (Å²) in [5.74, 6) is 1.34. The molecule has 0 aliphatic rings. The van der Waals surface area contributed by atoms with E-state index >= 15 is 0 Å². The molecule has 0 rings (SSSR count). The Hall–Kier alpha value is 0.250. The van der Waals surface area contributed by atoms with Gasteiger partial charge in [-0.3, -0.25) is 0 Å². The zero-order valence-electron chi connectivity index (χ0n) is 6.45. The van der Waals surface area contributed by atoms with Gasteiger partial charge in [-0.15, -0.1) is 11.6 Å². The number of alkyl halides is 1. The fraction of sp³-hybridized carbons (Fsp3) is 1.00. The minimum atomic E-state index is 0.579. The van der Waals surface area contributed by atoms with Crippen molar-refractivity contribution in [1.82, 2.24) is 5.32 Å². The summed E-state index contributed by atoms with van der Waals surface area (Å²) in [6.45, 7) is 7.45. The Bertz CT molecular complexity index is 63.9. The van der Waals surface area contributed by atoms with Crippen LogP contribution in [0.2, 0.25) is 0 Å². The van der Waals surface area contributed by atoms with Gasteiger partial charge in [-0.2, -0.15) is 0 Å². The van der Waals surface area contributed by atoms with Gasteiger partial charge in [-0.1, -0.05) is 20.8 Å². The molecule has 0 aromatic heterocycles. The van der Waals surface area contributed by atoms with Gasteiger partial charge in [0.25, 0.3) is 0 Å². The summed E-state index contributed by atoms with van der Waals surface area (Å²) in [4.78, 5) is 0. The summed E-state index contributed by atoms with van der Waals surface area (Å²) >= 11 is 5.60. The lowest BCUT2D eigenvalue weighted by molar-refractivity contribution is 0.508. The molecule has 1 N–H and O–H groups in total. The van der Waals surface area contributed by atoms with Crippen LogP contribution in [0.4, 0.5) is 0 Å². The van der Waals surface area contributed by atoms with Crippen LogP contribution in [0.15, 0.2) is 0 Å². The van der Waals surface area contributed by atoms with E-state index in [1.807, 2.05) is 0 Å². The number of hydrogen-bond donors (Lipinski definition) is 1. The smallest absolute Gasteiger partial charge is 0.0261 e. The first-order valence-corrected chi connectivity index (χ1v) is 3.99. The van der Waals surface area contributed by atoms with Crippen molar-refractivity contribution in [3.05, 3.63) is 0 Å². The van der Waals surface area contributed by atoms with Crippen molar-refractivity contribution < 1.29 is 0 Å². The zero-order valence-corrected chi connectivity index (χ0v) is 7.20.